The van der Waals surface area contributed by atoms with Crippen molar-refractivity contribution in [3.63, 3.8) is 0 Å². The third kappa shape index (κ3) is 6.69. The Morgan fingerprint density at radius 2 is 1.87 bits per heavy atom. The smallest absolute Gasteiger partial charge is 0.303 e. The van der Waals surface area contributed by atoms with Crippen LogP contribution in [-0.2, 0) is 29.0 Å². The number of nitrogens with zero attached hydrogens (tertiary/aromatic N) is 1. The van der Waals surface area contributed by atoms with Gasteiger partial charge in [-0.1, -0.05) is 24.3 Å². The second kappa shape index (κ2) is 10.8. The summed E-state index contributed by atoms with van der Waals surface area (Å²) in [6.07, 6.45) is 1.27. The Morgan fingerprint density at radius 3 is 2.58 bits per heavy atom. The summed E-state index contributed by atoms with van der Waals surface area (Å²) in [5, 5.41) is 8.99. The van der Waals surface area contributed by atoms with Crippen LogP contribution in [0, 0.1) is 6.92 Å². The highest BCUT2D eigenvalue weighted by Crippen LogP contribution is 2.23. The minimum absolute atomic E-state index is 0.0874. The number of rotatable bonds is 11. The topological polar surface area (TPSA) is 81.8 Å². The highest BCUT2D eigenvalue weighted by Gasteiger charge is 2.12. The standard InChI is InChI=1S/C25H29NO5/c1-17(2)30-16-21-15-22(11-9-19(21)10-12-24(27)28)29-14-13-23-18(3)31-25(26-23)20-7-5-4-6-8-20/h4-9,11,15,17H,10,12-14,16H2,1-3H3,(H,27,28). The van der Waals surface area contributed by atoms with E-state index in [0.29, 0.717) is 31.9 Å². The van der Waals surface area contributed by atoms with Crippen LogP contribution in [0.25, 0.3) is 11.5 Å². The summed E-state index contributed by atoms with van der Waals surface area (Å²) >= 11 is 0. The summed E-state index contributed by atoms with van der Waals surface area (Å²) in [7, 11) is 0. The molecule has 0 radical (unpaired) electrons. The summed E-state index contributed by atoms with van der Waals surface area (Å²) in [5.41, 5.74) is 3.75. The Hall–Kier alpha value is -3.12. The molecule has 0 saturated carbocycles. The molecule has 0 aliphatic carbocycles. The van der Waals surface area contributed by atoms with Gasteiger partial charge in [0.15, 0.2) is 0 Å². The van der Waals surface area contributed by atoms with Crippen molar-refractivity contribution in [2.24, 2.45) is 0 Å². The fraction of sp³-hybridized carbons (Fsp3) is 0.360. The van der Waals surface area contributed by atoms with Gasteiger partial charge in [0.25, 0.3) is 0 Å². The van der Waals surface area contributed by atoms with E-state index in [1.807, 2.05) is 69.3 Å². The first-order chi connectivity index (χ1) is 14.9. The van der Waals surface area contributed by atoms with E-state index in [2.05, 4.69) is 4.98 Å². The lowest BCUT2D eigenvalue weighted by Gasteiger charge is -2.14. The molecule has 6 nitrogen and oxygen atoms in total. The minimum atomic E-state index is -0.811. The second-order valence-electron chi connectivity index (χ2n) is 7.67. The van der Waals surface area contributed by atoms with Crippen molar-refractivity contribution in [3.8, 4) is 17.2 Å². The average Bonchev–Trinajstić information content (AvgIpc) is 3.12. The van der Waals surface area contributed by atoms with Gasteiger partial charge in [0.1, 0.15) is 11.5 Å². The number of benzene rings is 2. The van der Waals surface area contributed by atoms with E-state index in [0.717, 1.165) is 33.9 Å². The van der Waals surface area contributed by atoms with Crippen molar-refractivity contribution in [3.05, 3.63) is 71.1 Å². The van der Waals surface area contributed by atoms with Gasteiger partial charge in [0.05, 0.1) is 25.0 Å². The molecule has 1 aromatic heterocycles. The molecule has 0 atom stereocenters. The van der Waals surface area contributed by atoms with Gasteiger partial charge in [-0.2, -0.15) is 0 Å². The van der Waals surface area contributed by atoms with Crippen LogP contribution in [0.3, 0.4) is 0 Å². The van der Waals surface area contributed by atoms with Crippen LogP contribution < -0.4 is 4.74 Å². The van der Waals surface area contributed by atoms with Gasteiger partial charge in [0, 0.05) is 18.4 Å². The SMILES string of the molecule is Cc1oc(-c2ccccc2)nc1CCOc1ccc(CCC(=O)O)c(COC(C)C)c1. The second-order valence-corrected chi connectivity index (χ2v) is 7.67. The lowest BCUT2D eigenvalue weighted by molar-refractivity contribution is -0.136. The molecule has 31 heavy (non-hydrogen) atoms. The van der Waals surface area contributed by atoms with Crippen LogP contribution >= 0.6 is 0 Å². The molecule has 3 aromatic rings. The molecule has 2 aromatic carbocycles. The molecule has 0 aliphatic heterocycles. The molecule has 6 heteroatoms. The van der Waals surface area contributed by atoms with Crippen LogP contribution in [-0.4, -0.2) is 28.8 Å². The molecule has 0 saturated heterocycles. The zero-order valence-corrected chi connectivity index (χ0v) is 18.3. The Balaban J connectivity index is 1.64. The molecule has 164 valence electrons. The van der Waals surface area contributed by atoms with Crippen LogP contribution in [0.2, 0.25) is 0 Å². The van der Waals surface area contributed by atoms with Crippen molar-refractivity contribution in [2.75, 3.05) is 6.61 Å². The fourth-order valence-corrected chi connectivity index (χ4v) is 3.20. The van der Waals surface area contributed by atoms with E-state index in [-0.39, 0.29) is 12.5 Å². The van der Waals surface area contributed by atoms with E-state index in [4.69, 9.17) is 19.0 Å². The third-order valence-electron chi connectivity index (χ3n) is 4.88. The molecule has 0 fully saturated rings. The predicted molar refractivity (Wildman–Crippen MR) is 118 cm³/mol. The van der Waals surface area contributed by atoms with Crippen LogP contribution in [0.1, 0.15) is 42.8 Å². The molecule has 0 spiro atoms. The van der Waals surface area contributed by atoms with Crippen molar-refractivity contribution in [2.45, 2.75) is 52.7 Å². The van der Waals surface area contributed by atoms with Gasteiger partial charge in [0.2, 0.25) is 5.89 Å². The van der Waals surface area contributed by atoms with Gasteiger partial charge in [-0.05, 0) is 62.6 Å². The zero-order valence-electron chi connectivity index (χ0n) is 18.3. The third-order valence-corrected chi connectivity index (χ3v) is 4.88. The average molecular weight is 424 g/mol. The maximum absolute atomic E-state index is 10.9. The number of aryl methyl sites for hydroxylation is 2. The summed E-state index contributed by atoms with van der Waals surface area (Å²) < 4.78 is 17.5. The van der Waals surface area contributed by atoms with Crippen LogP contribution in [0.15, 0.2) is 52.9 Å². The van der Waals surface area contributed by atoms with Crippen molar-refractivity contribution < 1.29 is 23.8 Å². The van der Waals surface area contributed by atoms with Gasteiger partial charge in [-0.3, -0.25) is 4.79 Å². The summed E-state index contributed by atoms with van der Waals surface area (Å²) in [4.78, 5) is 15.6. The summed E-state index contributed by atoms with van der Waals surface area (Å²) in [6, 6.07) is 15.5. The summed E-state index contributed by atoms with van der Waals surface area (Å²) in [5.74, 6) is 1.32. The van der Waals surface area contributed by atoms with Gasteiger partial charge in [-0.25, -0.2) is 4.98 Å². The number of hydrogen-bond donors (Lipinski definition) is 1. The molecule has 0 aliphatic rings. The largest absolute Gasteiger partial charge is 0.493 e. The molecule has 1 N–H and O–H groups in total. The lowest BCUT2D eigenvalue weighted by atomic mass is 10.0. The quantitative estimate of drug-likeness (QED) is 0.456. The van der Waals surface area contributed by atoms with Crippen LogP contribution in [0.4, 0.5) is 0 Å². The number of carbonyl (C=O) groups is 1. The molecule has 3 rings (SSSR count). The van der Waals surface area contributed by atoms with Crippen molar-refractivity contribution in [1.82, 2.24) is 4.98 Å². The van der Waals surface area contributed by atoms with E-state index >= 15 is 0 Å². The monoisotopic (exact) mass is 423 g/mol. The zero-order chi connectivity index (χ0) is 22.2. The van der Waals surface area contributed by atoms with E-state index in [1.165, 1.54) is 0 Å². The number of aromatic nitrogens is 1. The molecular formula is C25H29NO5. The first-order valence-electron chi connectivity index (χ1n) is 10.5. The predicted octanol–water partition coefficient (Wildman–Crippen LogP) is 5.21. The number of carboxylic acid groups (broad SMARTS) is 1. The highest BCUT2D eigenvalue weighted by molar-refractivity contribution is 5.67. The van der Waals surface area contributed by atoms with Gasteiger partial charge in [-0.15, -0.1) is 0 Å². The van der Waals surface area contributed by atoms with E-state index in [1.54, 1.807) is 0 Å². The lowest BCUT2D eigenvalue weighted by Crippen LogP contribution is -2.07. The maximum Gasteiger partial charge on any atom is 0.303 e. The Kier molecular flexibility index (Phi) is 7.84. The van der Waals surface area contributed by atoms with Crippen molar-refractivity contribution in [1.29, 1.82) is 0 Å². The highest BCUT2D eigenvalue weighted by atomic mass is 16.5. The van der Waals surface area contributed by atoms with Gasteiger partial charge >= 0.3 is 5.97 Å². The van der Waals surface area contributed by atoms with Crippen LogP contribution in [0.5, 0.6) is 5.75 Å². The minimum Gasteiger partial charge on any atom is -0.493 e. The van der Waals surface area contributed by atoms with E-state index in [9.17, 15) is 4.79 Å². The van der Waals surface area contributed by atoms with E-state index < -0.39 is 5.97 Å². The number of oxazole rings is 1. The number of ether oxygens (including phenoxy) is 2. The Morgan fingerprint density at radius 1 is 1.10 bits per heavy atom. The molecular weight excluding hydrogens is 394 g/mol. The normalized spacial score (nSPS) is 11.1. The Labute approximate surface area is 182 Å². The molecule has 0 amide bonds. The number of aliphatic carboxylic acids is 1. The summed E-state index contributed by atoms with van der Waals surface area (Å²) in [6.45, 7) is 6.74. The van der Waals surface area contributed by atoms with Gasteiger partial charge < -0.3 is 19.0 Å². The Bertz CT molecular complexity index is 994. The molecule has 0 unspecified atom stereocenters. The fourth-order valence-electron chi connectivity index (χ4n) is 3.20. The first-order valence-corrected chi connectivity index (χ1v) is 10.5. The first kappa shape index (κ1) is 22.6. The molecule has 0 bridgehead atoms. The number of hydrogen-bond acceptors (Lipinski definition) is 5. The maximum atomic E-state index is 10.9. The molecule has 1 heterocycles. The van der Waals surface area contributed by atoms with Crippen molar-refractivity contribution >= 4 is 5.97 Å². The number of carboxylic acids is 1.